The van der Waals surface area contributed by atoms with Crippen LogP contribution in [-0.2, 0) is 0 Å². The van der Waals surface area contributed by atoms with Crippen LogP contribution >= 0.6 is 11.3 Å². The molecule has 0 saturated heterocycles. The van der Waals surface area contributed by atoms with E-state index in [4.69, 9.17) is 15.0 Å². The fraction of sp³-hybridized carbons (Fsp3) is 0.0465. The lowest BCUT2D eigenvalue weighted by molar-refractivity contribution is 1.07. The number of para-hydroxylation sites is 2. The van der Waals surface area contributed by atoms with Gasteiger partial charge < -0.3 is 0 Å². The number of rotatable bonds is 5. The van der Waals surface area contributed by atoms with E-state index in [1.54, 1.807) is 0 Å². The van der Waals surface area contributed by atoms with Crippen LogP contribution in [0.3, 0.4) is 0 Å². The molecule has 0 N–H and O–H groups in total. The maximum Gasteiger partial charge on any atom is 0.164 e. The van der Waals surface area contributed by atoms with Gasteiger partial charge in [0.15, 0.2) is 17.5 Å². The van der Waals surface area contributed by atoms with Gasteiger partial charge in [-0.2, -0.15) is 0 Å². The Kier molecular flexibility index (Phi) is 6.73. The summed E-state index contributed by atoms with van der Waals surface area (Å²) in [5.74, 6) is 1.99. The van der Waals surface area contributed by atoms with Crippen molar-refractivity contribution >= 4 is 37.3 Å². The van der Waals surface area contributed by atoms with Gasteiger partial charge in [-0.25, -0.2) is 15.0 Å². The largest absolute Gasteiger partial charge is 0.299 e. The number of thiazole rings is 1. The van der Waals surface area contributed by atoms with Crippen LogP contribution in [0.5, 0.6) is 0 Å². The third kappa shape index (κ3) is 4.88. The molecule has 48 heavy (non-hydrogen) atoms. The molecule has 3 heterocycles. The van der Waals surface area contributed by atoms with Crippen LogP contribution < -0.4 is 0 Å². The van der Waals surface area contributed by atoms with Crippen LogP contribution in [0, 0.1) is 13.8 Å². The summed E-state index contributed by atoms with van der Waals surface area (Å²) in [7, 11) is 0. The molecule has 0 atom stereocenters. The molecule has 0 aliphatic rings. The van der Waals surface area contributed by atoms with Gasteiger partial charge in [0, 0.05) is 27.6 Å². The predicted molar refractivity (Wildman–Crippen MR) is 200 cm³/mol. The van der Waals surface area contributed by atoms with E-state index in [0.29, 0.717) is 17.5 Å². The Hall–Kier alpha value is -5.91. The van der Waals surface area contributed by atoms with E-state index in [1.165, 1.54) is 48.2 Å². The molecular formula is C43H30N4S. The van der Waals surface area contributed by atoms with Crippen molar-refractivity contribution in [1.82, 2.24) is 19.4 Å². The Morgan fingerprint density at radius 2 is 0.833 bits per heavy atom. The highest BCUT2D eigenvalue weighted by molar-refractivity contribution is 7.24. The number of aromatic nitrogens is 4. The molecule has 0 radical (unpaired) electrons. The van der Waals surface area contributed by atoms with Crippen molar-refractivity contribution in [2.75, 3.05) is 0 Å². The molecule has 4 nitrogen and oxygen atoms in total. The molecule has 6 aromatic carbocycles. The highest BCUT2D eigenvalue weighted by atomic mass is 32.1. The molecule has 0 aliphatic heterocycles. The van der Waals surface area contributed by atoms with Crippen molar-refractivity contribution in [2.24, 2.45) is 0 Å². The number of fused-ring (bicyclic) bond motifs is 5. The minimum atomic E-state index is 0.658. The maximum absolute atomic E-state index is 4.93. The van der Waals surface area contributed by atoms with Crippen molar-refractivity contribution in [3.8, 4) is 56.4 Å². The first-order valence-electron chi connectivity index (χ1n) is 16.1. The van der Waals surface area contributed by atoms with Gasteiger partial charge in [-0.05, 0) is 48.7 Å². The van der Waals surface area contributed by atoms with E-state index in [1.807, 2.05) is 11.3 Å². The first kappa shape index (κ1) is 28.3. The van der Waals surface area contributed by atoms with Gasteiger partial charge in [-0.15, -0.1) is 11.3 Å². The zero-order chi connectivity index (χ0) is 32.2. The number of hydrogen-bond acceptors (Lipinski definition) is 4. The quantitative estimate of drug-likeness (QED) is 0.189. The zero-order valence-corrected chi connectivity index (χ0v) is 27.4. The summed E-state index contributed by atoms with van der Waals surface area (Å²) < 4.78 is 3.71. The van der Waals surface area contributed by atoms with Crippen molar-refractivity contribution < 1.29 is 0 Å². The number of benzene rings is 6. The van der Waals surface area contributed by atoms with Gasteiger partial charge in [-0.1, -0.05) is 139 Å². The first-order valence-corrected chi connectivity index (χ1v) is 16.9. The molecule has 0 unspecified atom stereocenters. The highest BCUT2D eigenvalue weighted by Gasteiger charge is 2.18. The molecule has 9 aromatic rings. The normalized spacial score (nSPS) is 11.5. The smallest absolute Gasteiger partial charge is 0.164 e. The molecule has 0 saturated carbocycles. The summed E-state index contributed by atoms with van der Waals surface area (Å²) >= 11 is 1.86. The summed E-state index contributed by atoms with van der Waals surface area (Å²) in [4.78, 5) is 16.0. The van der Waals surface area contributed by atoms with Crippen LogP contribution in [0.15, 0.2) is 146 Å². The van der Waals surface area contributed by atoms with E-state index in [-0.39, 0.29) is 0 Å². The Morgan fingerprint density at radius 1 is 0.417 bits per heavy atom. The lowest BCUT2D eigenvalue weighted by Crippen LogP contribution is -2.00. The molecule has 0 amide bonds. The second-order valence-electron chi connectivity index (χ2n) is 12.3. The van der Waals surface area contributed by atoms with Crippen molar-refractivity contribution in [1.29, 1.82) is 0 Å². The lowest BCUT2D eigenvalue weighted by Gasteiger charge is -2.10. The van der Waals surface area contributed by atoms with E-state index < -0.39 is 0 Å². The minimum Gasteiger partial charge on any atom is -0.299 e. The van der Waals surface area contributed by atoms with Crippen LogP contribution in [0.4, 0.5) is 0 Å². The van der Waals surface area contributed by atoms with E-state index in [9.17, 15) is 0 Å². The van der Waals surface area contributed by atoms with Crippen LogP contribution in [0.1, 0.15) is 11.1 Å². The zero-order valence-electron chi connectivity index (χ0n) is 26.6. The van der Waals surface area contributed by atoms with Crippen molar-refractivity contribution in [2.45, 2.75) is 13.8 Å². The highest BCUT2D eigenvalue weighted by Crippen LogP contribution is 2.42. The topological polar surface area (TPSA) is 43.1 Å². The third-order valence-electron chi connectivity index (χ3n) is 9.05. The Balaban J connectivity index is 1.08. The Bertz CT molecular complexity index is 2530. The number of hydrogen-bond donors (Lipinski definition) is 0. The summed E-state index contributed by atoms with van der Waals surface area (Å²) in [5.41, 5.74) is 12.6. The maximum atomic E-state index is 4.93. The average Bonchev–Trinajstić information content (AvgIpc) is 3.67. The summed E-state index contributed by atoms with van der Waals surface area (Å²) in [6, 6.07) is 51.5. The standard InChI is InChI=1S/C43H30N4S/c1-27-11-15-32(16-12-27)40-44-41(33-17-13-28(2)14-18-33)46-42(45-40)34-25-21-30(22-26-34)29-19-23-31(24-20-29)39-35-7-3-4-8-36(35)47-37-9-5-6-10-38(37)48-43(39)47/h3-26H,1-2H3. The molecule has 0 fully saturated rings. The fourth-order valence-corrected chi connectivity index (χ4v) is 7.71. The number of aryl methyl sites for hydroxylation is 2. The molecular weight excluding hydrogens is 605 g/mol. The third-order valence-corrected chi connectivity index (χ3v) is 10.2. The monoisotopic (exact) mass is 634 g/mol. The predicted octanol–water partition coefficient (Wildman–Crippen LogP) is 11.4. The van der Waals surface area contributed by atoms with Crippen LogP contribution in [0.25, 0.3) is 82.4 Å². The van der Waals surface area contributed by atoms with Gasteiger partial charge >= 0.3 is 0 Å². The molecule has 0 bridgehead atoms. The average molecular weight is 635 g/mol. The molecule has 0 aliphatic carbocycles. The van der Waals surface area contributed by atoms with E-state index >= 15 is 0 Å². The lowest BCUT2D eigenvalue weighted by atomic mass is 9.99. The number of nitrogens with zero attached hydrogens (tertiary/aromatic N) is 4. The summed E-state index contributed by atoms with van der Waals surface area (Å²) in [6.07, 6.45) is 0. The second kappa shape index (κ2) is 11.4. The minimum absolute atomic E-state index is 0.658. The molecule has 3 aromatic heterocycles. The Labute approximate surface area is 282 Å². The molecule has 5 heteroatoms. The SMILES string of the molecule is Cc1ccc(-c2nc(-c3ccc(C)cc3)nc(-c3ccc(-c4ccc(-c5c6ccccc6n6c5sc5ccccc56)cc4)cc3)n2)cc1. The summed E-state index contributed by atoms with van der Waals surface area (Å²) in [5, 5.41) is 1.28. The van der Waals surface area contributed by atoms with Crippen LogP contribution in [-0.4, -0.2) is 19.4 Å². The van der Waals surface area contributed by atoms with Gasteiger partial charge in [0.05, 0.1) is 15.7 Å². The molecule has 0 spiro atoms. The molecule has 9 rings (SSSR count). The van der Waals surface area contributed by atoms with Crippen molar-refractivity contribution in [3.63, 3.8) is 0 Å². The fourth-order valence-electron chi connectivity index (χ4n) is 6.47. The van der Waals surface area contributed by atoms with Gasteiger partial charge in [0.1, 0.15) is 4.83 Å². The first-order chi connectivity index (χ1) is 23.6. The summed E-state index contributed by atoms with van der Waals surface area (Å²) in [6.45, 7) is 4.17. The molecule has 228 valence electrons. The van der Waals surface area contributed by atoms with Gasteiger partial charge in [0.25, 0.3) is 0 Å². The Morgan fingerprint density at radius 3 is 1.38 bits per heavy atom. The van der Waals surface area contributed by atoms with Gasteiger partial charge in [-0.3, -0.25) is 4.40 Å². The van der Waals surface area contributed by atoms with Crippen LogP contribution in [0.2, 0.25) is 0 Å². The second-order valence-corrected chi connectivity index (χ2v) is 13.3. The van der Waals surface area contributed by atoms with Gasteiger partial charge in [0.2, 0.25) is 0 Å². The van der Waals surface area contributed by atoms with E-state index in [0.717, 1.165) is 27.8 Å². The van der Waals surface area contributed by atoms with Crippen molar-refractivity contribution in [3.05, 3.63) is 157 Å². The van der Waals surface area contributed by atoms with E-state index in [2.05, 4.69) is 164 Å².